The van der Waals surface area contributed by atoms with Crippen LogP contribution in [0.5, 0.6) is 5.75 Å². The van der Waals surface area contributed by atoms with Gasteiger partial charge in [-0.2, -0.15) is 17.6 Å². The fourth-order valence-corrected chi connectivity index (χ4v) is 3.67. The second kappa shape index (κ2) is 11.2. The van der Waals surface area contributed by atoms with Crippen molar-refractivity contribution in [3.63, 3.8) is 0 Å². The van der Waals surface area contributed by atoms with Crippen molar-refractivity contribution in [1.29, 1.82) is 0 Å². The highest BCUT2D eigenvalue weighted by molar-refractivity contribution is 5.76. The van der Waals surface area contributed by atoms with E-state index in [2.05, 4.69) is 21.9 Å². The largest absolute Gasteiger partial charge is 0.461 e. The predicted octanol–water partition coefficient (Wildman–Crippen LogP) is 6.17. The van der Waals surface area contributed by atoms with E-state index in [1.54, 1.807) is 30.3 Å². The van der Waals surface area contributed by atoms with Crippen LogP contribution in [-0.2, 0) is 12.0 Å². The molecule has 2 amide bonds. The van der Waals surface area contributed by atoms with E-state index in [-0.39, 0.29) is 24.1 Å². The Balaban J connectivity index is 2.23. The molecule has 0 fully saturated rings. The molecule has 0 aliphatic rings. The summed E-state index contributed by atoms with van der Waals surface area (Å²) in [6.07, 6.45) is -7.69. The van der Waals surface area contributed by atoms with Crippen LogP contribution in [0.25, 0.3) is 0 Å². The first-order valence-corrected chi connectivity index (χ1v) is 10.7. The Morgan fingerprint density at radius 3 is 2.22 bits per heavy atom. The minimum absolute atomic E-state index is 0.0465. The van der Waals surface area contributed by atoms with E-state index in [0.717, 1.165) is 24.3 Å². The number of urea groups is 1. The lowest BCUT2D eigenvalue weighted by Crippen LogP contribution is -2.52. The van der Waals surface area contributed by atoms with Crippen molar-refractivity contribution in [2.24, 2.45) is 0 Å². The zero-order chi connectivity index (χ0) is 26.3. The average Bonchev–Trinajstić information content (AvgIpc) is 2.82. The van der Waals surface area contributed by atoms with Crippen LogP contribution in [0, 0.1) is 11.6 Å². The minimum Gasteiger partial charge on any atom is -0.428 e. The number of carbonyl (C=O) groups excluding carboxylic acids is 1. The van der Waals surface area contributed by atoms with E-state index < -0.39 is 41.5 Å². The highest BCUT2D eigenvalue weighted by Gasteiger charge is 2.45. The van der Waals surface area contributed by atoms with Crippen LogP contribution in [0.15, 0.2) is 85.5 Å². The molecule has 0 spiro atoms. The number of carbonyl (C=O) groups is 1. The van der Waals surface area contributed by atoms with Crippen molar-refractivity contribution < 1.29 is 35.9 Å². The van der Waals surface area contributed by atoms with Gasteiger partial charge in [-0.3, -0.25) is 0 Å². The molecule has 3 aromatic rings. The van der Waals surface area contributed by atoms with Gasteiger partial charge in [0.1, 0.15) is 17.4 Å². The number of amides is 2. The van der Waals surface area contributed by atoms with Crippen LogP contribution < -0.4 is 15.4 Å². The van der Waals surface area contributed by atoms with Crippen molar-refractivity contribution >= 4 is 6.03 Å². The molecule has 0 bridgehead atoms. The molecule has 0 aliphatic heterocycles. The number of hydrogen-bond acceptors (Lipinski definition) is 2. The molecule has 4 nitrogen and oxygen atoms in total. The van der Waals surface area contributed by atoms with Crippen LogP contribution in [0.1, 0.15) is 16.7 Å². The molecule has 0 aliphatic carbocycles. The van der Waals surface area contributed by atoms with Gasteiger partial charge in [-0.05, 0) is 41.0 Å². The number of alkyl halides is 4. The summed E-state index contributed by atoms with van der Waals surface area (Å²) >= 11 is 0. The lowest BCUT2D eigenvalue weighted by atomic mass is 9.77. The van der Waals surface area contributed by atoms with Gasteiger partial charge in [0.15, 0.2) is 0 Å². The molecule has 0 saturated heterocycles. The normalized spacial score (nSPS) is 13.1. The van der Waals surface area contributed by atoms with Crippen LogP contribution in [-0.4, -0.2) is 25.1 Å². The SMILES string of the molecule is C=CCNC(=O)NC(Cc1ccccc1)(c1ccc(F)cc1)c1cc(F)cc(OC(F)(F)C(F)F)c1. The molecule has 190 valence electrons. The second-order valence-electron chi connectivity index (χ2n) is 7.84. The first kappa shape index (κ1) is 26.7. The average molecular weight is 508 g/mol. The summed E-state index contributed by atoms with van der Waals surface area (Å²) in [5.41, 5.74) is -0.873. The maximum Gasteiger partial charge on any atom is 0.461 e. The topological polar surface area (TPSA) is 50.4 Å². The Hall–Kier alpha value is -3.95. The Morgan fingerprint density at radius 1 is 0.944 bits per heavy atom. The van der Waals surface area contributed by atoms with E-state index >= 15 is 0 Å². The number of benzene rings is 3. The van der Waals surface area contributed by atoms with Gasteiger partial charge >= 0.3 is 18.6 Å². The molecule has 0 aromatic heterocycles. The predicted molar refractivity (Wildman–Crippen MR) is 122 cm³/mol. The Labute approximate surface area is 203 Å². The summed E-state index contributed by atoms with van der Waals surface area (Å²) in [7, 11) is 0. The third kappa shape index (κ3) is 6.38. The van der Waals surface area contributed by atoms with Crippen molar-refractivity contribution in [3.8, 4) is 5.75 Å². The van der Waals surface area contributed by atoms with Crippen molar-refractivity contribution in [1.82, 2.24) is 10.6 Å². The van der Waals surface area contributed by atoms with Gasteiger partial charge in [0, 0.05) is 19.0 Å². The Bertz CT molecular complexity index is 1190. The maximum atomic E-state index is 14.7. The molecule has 1 unspecified atom stereocenters. The number of hydrogen-bond donors (Lipinski definition) is 2. The second-order valence-corrected chi connectivity index (χ2v) is 7.84. The summed E-state index contributed by atoms with van der Waals surface area (Å²) in [6.45, 7) is 3.58. The fourth-order valence-electron chi connectivity index (χ4n) is 3.67. The van der Waals surface area contributed by atoms with Gasteiger partial charge in [-0.1, -0.05) is 48.5 Å². The zero-order valence-corrected chi connectivity index (χ0v) is 18.8. The van der Waals surface area contributed by atoms with Gasteiger partial charge < -0.3 is 15.4 Å². The number of ether oxygens (including phenoxy) is 1. The van der Waals surface area contributed by atoms with E-state index in [1.165, 1.54) is 18.2 Å². The van der Waals surface area contributed by atoms with E-state index in [1.807, 2.05) is 0 Å². The third-order valence-corrected chi connectivity index (χ3v) is 5.26. The van der Waals surface area contributed by atoms with Crippen LogP contribution in [0.3, 0.4) is 0 Å². The maximum absolute atomic E-state index is 14.7. The standard InChI is InChI=1S/C26H22F6N2O2/c1-2-12-33-24(35)34-25(16-17-6-4-3-5-7-17,18-8-10-20(27)11-9-18)19-13-21(28)15-22(14-19)36-26(31,32)23(29)30/h2-11,13-15,23H,1,12,16H2,(H2,33,34,35). The van der Waals surface area contributed by atoms with E-state index in [9.17, 15) is 31.1 Å². The molecule has 3 aromatic carbocycles. The summed E-state index contributed by atoms with van der Waals surface area (Å²) in [4.78, 5) is 12.8. The molecule has 0 heterocycles. The molecule has 0 radical (unpaired) electrons. The molecular weight excluding hydrogens is 486 g/mol. The van der Waals surface area contributed by atoms with E-state index in [0.29, 0.717) is 11.6 Å². The fraction of sp³-hybridized carbons (Fsp3) is 0.192. The monoisotopic (exact) mass is 508 g/mol. The summed E-state index contributed by atoms with van der Waals surface area (Å²) in [5.74, 6) is -2.56. The summed E-state index contributed by atoms with van der Waals surface area (Å²) in [6, 6.07) is 15.2. The first-order chi connectivity index (χ1) is 17.1. The van der Waals surface area contributed by atoms with Gasteiger partial charge in [-0.25, -0.2) is 13.6 Å². The van der Waals surface area contributed by atoms with Crippen LogP contribution in [0.4, 0.5) is 31.1 Å². The van der Waals surface area contributed by atoms with Gasteiger partial charge in [-0.15, -0.1) is 6.58 Å². The molecule has 36 heavy (non-hydrogen) atoms. The Morgan fingerprint density at radius 2 is 1.61 bits per heavy atom. The molecular formula is C26H22F6N2O2. The van der Waals surface area contributed by atoms with Gasteiger partial charge in [0.25, 0.3) is 0 Å². The lowest BCUT2D eigenvalue weighted by Gasteiger charge is -2.37. The van der Waals surface area contributed by atoms with E-state index in [4.69, 9.17) is 0 Å². The zero-order valence-electron chi connectivity index (χ0n) is 18.8. The van der Waals surface area contributed by atoms with Crippen molar-refractivity contribution in [2.45, 2.75) is 24.5 Å². The number of rotatable bonds is 10. The molecule has 10 heteroatoms. The lowest BCUT2D eigenvalue weighted by molar-refractivity contribution is -0.253. The van der Waals surface area contributed by atoms with Crippen LogP contribution >= 0.6 is 0 Å². The van der Waals surface area contributed by atoms with Gasteiger partial charge in [0.2, 0.25) is 0 Å². The smallest absolute Gasteiger partial charge is 0.428 e. The van der Waals surface area contributed by atoms with Crippen LogP contribution in [0.2, 0.25) is 0 Å². The molecule has 2 N–H and O–H groups in total. The molecule has 1 atom stereocenters. The highest BCUT2D eigenvalue weighted by atomic mass is 19.3. The van der Waals surface area contributed by atoms with Crippen molar-refractivity contribution in [2.75, 3.05) is 6.54 Å². The van der Waals surface area contributed by atoms with Gasteiger partial charge in [0.05, 0.1) is 5.54 Å². The Kier molecular flexibility index (Phi) is 8.29. The quantitative estimate of drug-likeness (QED) is 0.254. The number of halogens is 6. The third-order valence-electron chi connectivity index (χ3n) is 5.26. The number of nitrogens with one attached hydrogen (secondary N) is 2. The molecule has 3 rings (SSSR count). The summed E-state index contributed by atoms with van der Waals surface area (Å²) < 4.78 is 85.3. The highest BCUT2D eigenvalue weighted by Crippen LogP contribution is 2.37. The van der Waals surface area contributed by atoms with Crippen molar-refractivity contribution in [3.05, 3.63) is 114 Å². The minimum atomic E-state index is -4.89. The molecule has 0 saturated carbocycles. The summed E-state index contributed by atoms with van der Waals surface area (Å²) in [5, 5.41) is 5.25. The first-order valence-electron chi connectivity index (χ1n) is 10.7.